The Labute approximate surface area is 252 Å². The van der Waals surface area contributed by atoms with E-state index in [0.29, 0.717) is 18.7 Å². The number of nitrogens with zero attached hydrogens (tertiary/aromatic N) is 1. The number of carbonyl (C=O) groups excluding carboxylic acids is 2. The number of imide groups is 1. The first-order valence-corrected chi connectivity index (χ1v) is 15.2. The second-order valence-corrected chi connectivity index (χ2v) is 11.7. The number of para-hydroxylation sites is 1. The van der Waals surface area contributed by atoms with Crippen LogP contribution in [-0.2, 0) is 14.3 Å². The maximum absolute atomic E-state index is 13.9. The fourth-order valence-electron chi connectivity index (χ4n) is 6.97. The van der Waals surface area contributed by atoms with Crippen LogP contribution in [0.15, 0.2) is 95.6 Å². The molecule has 4 atom stereocenters. The van der Waals surface area contributed by atoms with Crippen molar-refractivity contribution in [3.8, 4) is 5.75 Å². The van der Waals surface area contributed by atoms with Crippen LogP contribution >= 0.6 is 0 Å². The Hall–Kier alpha value is -4.20. The topological polar surface area (TPSA) is 99.1 Å². The summed E-state index contributed by atoms with van der Waals surface area (Å²) >= 11 is 0. The van der Waals surface area contributed by atoms with Gasteiger partial charge in [-0.15, -0.1) is 0 Å². The summed E-state index contributed by atoms with van der Waals surface area (Å²) in [6, 6.07) is 24.4. The highest BCUT2D eigenvalue weighted by Gasteiger charge is 2.57. The Bertz CT molecular complexity index is 1530. The molecule has 2 fully saturated rings. The normalized spacial score (nSPS) is 23.5. The fourth-order valence-corrected chi connectivity index (χ4v) is 6.97. The summed E-state index contributed by atoms with van der Waals surface area (Å²) in [6.45, 7) is 2.39. The summed E-state index contributed by atoms with van der Waals surface area (Å²) in [6.07, 6.45) is 5.91. The molecule has 6 rings (SSSR count). The van der Waals surface area contributed by atoms with Gasteiger partial charge in [0.1, 0.15) is 5.75 Å². The lowest BCUT2D eigenvalue weighted by Crippen LogP contribution is -2.35. The van der Waals surface area contributed by atoms with Crippen molar-refractivity contribution in [2.45, 2.75) is 45.1 Å². The molecule has 0 spiro atoms. The smallest absolute Gasteiger partial charge is 0.238 e. The number of aliphatic hydroxyl groups is 1. The van der Waals surface area contributed by atoms with Gasteiger partial charge in [-0.3, -0.25) is 14.5 Å². The second kappa shape index (κ2) is 12.6. The number of ether oxygens (including phenoxy) is 1. The van der Waals surface area contributed by atoms with Crippen LogP contribution in [-0.4, -0.2) is 41.3 Å². The molecule has 0 aromatic heterocycles. The number of hydrogen-bond acceptors (Lipinski definition) is 6. The summed E-state index contributed by atoms with van der Waals surface area (Å²) in [4.78, 5) is 28.9. The molecule has 222 valence electrons. The number of nitrogens with one attached hydrogen (secondary N) is 1. The summed E-state index contributed by atoms with van der Waals surface area (Å²) in [5.74, 6) is -1.31. The number of amides is 2. The Morgan fingerprint density at radius 1 is 0.930 bits per heavy atom. The van der Waals surface area contributed by atoms with E-state index in [4.69, 9.17) is 4.74 Å². The lowest BCUT2D eigenvalue weighted by Gasteiger charge is -2.31. The molecule has 3 N–H and O–H groups in total. The molecular weight excluding hydrogens is 540 g/mol. The summed E-state index contributed by atoms with van der Waals surface area (Å²) in [5.41, 5.74) is 6.59. The molecule has 1 aliphatic carbocycles. The van der Waals surface area contributed by atoms with Gasteiger partial charge in [0.15, 0.2) is 0 Å². The molecule has 0 saturated carbocycles. The zero-order chi connectivity index (χ0) is 29.9. The Balaban J connectivity index is 1.18. The predicted octanol–water partition coefficient (Wildman–Crippen LogP) is 6.61. The molecule has 7 heteroatoms. The third-order valence-electron chi connectivity index (χ3n) is 8.95. The number of aromatic hydroxyl groups is 1. The third kappa shape index (κ3) is 5.88. The van der Waals surface area contributed by atoms with Crippen LogP contribution in [0.25, 0.3) is 6.08 Å². The maximum Gasteiger partial charge on any atom is 0.238 e. The number of aliphatic hydroxyl groups excluding tert-OH is 1. The summed E-state index contributed by atoms with van der Waals surface area (Å²) in [5, 5.41) is 23.3. The quantitative estimate of drug-likeness (QED) is 0.185. The van der Waals surface area contributed by atoms with Crippen molar-refractivity contribution in [3.05, 3.63) is 101 Å². The Morgan fingerprint density at radius 3 is 2.35 bits per heavy atom. The number of allylic oxidation sites excluding steroid dienone is 1. The molecule has 43 heavy (non-hydrogen) atoms. The van der Waals surface area contributed by atoms with Crippen LogP contribution in [0.2, 0.25) is 0 Å². The van der Waals surface area contributed by atoms with E-state index in [-0.39, 0.29) is 36.2 Å². The maximum atomic E-state index is 13.9. The zero-order valence-electron chi connectivity index (χ0n) is 24.4. The van der Waals surface area contributed by atoms with Crippen molar-refractivity contribution >= 4 is 35.0 Å². The zero-order valence-corrected chi connectivity index (χ0v) is 24.4. The van der Waals surface area contributed by atoms with Crippen molar-refractivity contribution in [2.24, 2.45) is 17.8 Å². The fraction of sp³-hybridized carbons (Fsp3) is 0.333. The van der Waals surface area contributed by atoms with E-state index in [1.54, 1.807) is 12.1 Å². The first kappa shape index (κ1) is 28.9. The van der Waals surface area contributed by atoms with Crippen LogP contribution in [0, 0.1) is 17.8 Å². The number of anilines is 3. The van der Waals surface area contributed by atoms with Crippen LogP contribution in [0.1, 0.15) is 44.6 Å². The summed E-state index contributed by atoms with van der Waals surface area (Å²) in [7, 11) is 0. The molecular formula is C36H38N2O5. The molecule has 2 aliphatic heterocycles. The highest BCUT2D eigenvalue weighted by atomic mass is 16.5. The van der Waals surface area contributed by atoms with Crippen molar-refractivity contribution in [1.82, 2.24) is 0 Å². The number of carbonyl (C=O) groups is 2. The average molecular weight is 579 g/mol. The van der Waals surface area contributed by atoms with Gasteiger partial charge < -0.3 is 20.3 Å². The number of phenolic OH excluding ortho intramolecular Hbond substituents is 1. The molecule has 3 aromatic carbocycles. The van der Waals surface area contributed by atoms with Gasteiger partial charge in [0.2, 0.25) is 11.8 Å². The minimum absolute atomic E-state index is 0.137. The van der Waals surface area contributed by atoms with Crippen LogP contribution in [0.4, 0.5) is 17.1 Å². The number of benzene rings is 3. The van der Waals surface area contributed by atoms with Crippen LogP contribution < -0.4 is 10.2 Å². The molecule has 7 nitrogen and oxygen atoms in total. The number of fused-ring (bicyclic) bond motifs is 3. The van der Waals surface area contributed by atoms with Crippen molar-refractivity contribution in [2.75, 3.05) is 23.4 Å². The van der Waals surface area contributed by atoms with E-state index < -0.39 is 11.8 Å². The molecule has 2 heterocycles. The SMILES string of the molecule is CCC/C(=C\c1ccc(O)cc1)CC[C@H]1OC[C@H]2C1=C(CO)C[C@H]1C(=O)N(c3ccc(Nc4ccccc4)cc3)C(=O)[C@H]12. The highest BCUT2D eigenvalue weighted by Crippen LogP contribution is 2.50. The van der Waals surface area contributed by atoms with Crippen molar-refractivity contribution in [1.29, 1.82) is 0 Å². The standard InChI is InChI=1S/C36H38N2O5/c1-2-6-23(19-24-9-16-29(40)17-10-24)11-18-32-33-25(21-39)20-30-34(31(33)22-43-32)36(42)38(35(30)41)28-14-12-27(13-15-28)37-26-7-4-3-5-8-26/h3-5,7-10,12-17,19,30-32,34,37,39-40H,2,6,11,18,20-22H2,1H3/b23-19+/t30-,31+,32-,34-/m1/s1. The lowest BCUT2D eigenvalue weighted by atomic mass is 9.69. The molecule has 0 bridgehead atoms. The number of hydrogen-bond donors (Lipinski definition) is 3. The minimum Gasteiger partial charge on any atom is -0.508 e. The molecule has 2 amide bonds. The molecule has 0 unspecified atom stereocenters. The molecule has 2 saturated heterocycles. The van der Waals surface area contributed by atoms with Gasteiger partial charge in [-0.05, 0) is 90.9 Å². The lowest BCUT2D eigenvalue weighted by molar-refractivity contribution is -0.122. The van der Waals surface area contributed by atoms with Gasteiger partial charge in [0.25, 0.3) is 0 Å². The van der Waals surface area contributed by atoms with Crippen LogP contribution in [0.3, 0.4) is 0 Å². The first-order chi connectivity index (χ1) is 21.0. The third-order valence-corrected chi connectivity index (χ3v) is 8.95. The van der Waals surface area contributed by atoms with Gasteiger partial charge in [0.05, 0.1) is 36.8 Å². The van der Waals surface area contributed by atoms with Gasteiger partial charge >= 0.3 is 0 Å². The highest BCUT2D eigenvalue weighted by molar-refractivity contribution is 6.22. The molecule has 3 aliphatic rings. The first-order valence-electron chi connectivity index (χ1n) is 15.2. The van der Waals surface area contributed by atoms with E-state index in [0.717, 1.165) is 53.8 Å². The molecule has 0 radical (unpaired) electrons. The van der Waals surface area contributed by atoms with Gasteiger partial charge in [-0.2, -0.15) is 0 Å². The minimum atomic E-state index is -0.488. The molecule has 3 aromatic rings. The Kier molecular flexibility index (Phi) is 8.45. The number of phenols is 1. The predicted molar refractivity (Wildman–Crippen MR) is 168 cm³/mol. The summed E-state index contributed by atoms with van der Waals surface area (Å²) < 4.78 is 6.31. The van der Waals surface area contributed by atoms with Crippen molar-refractivity contribution < 1.29 is 24.5 Å². The largest absolute Gasteiger partial charge is 0.508 e. The van der Waals surface area contributed by atoms with E-state index in [9.17, 15) is 19.8 Å². The van der Waals surface area contributed by atoms with E-state index in [2.05, 4.69) is 18.3 Å². The number of rotatable bonds is 10. The van der Waals surface area contributed by atoms with E-state index in [1.807, 2.05) is 66.7 Å². The van der Waals surface area contributed by atoms with Crippen molar-refractivity contribution in [3.63, 3.8) is 0 Å². The van der Waals surface area contributed by atoms with Gasteiger partial charge in [-0.1, -0.05) is 55.3 Å². The monoisotopic (exact) mass is 578 g/mol. The van der Waals surface area contributed by atoms with E-state index >= 15 is 0 Å². The van der Waals surface area contributed by atoms with Gasteiger partial charge in [-0.25, -0.2) is 0 Å². The second-order valence-electron chi connectivity index (χ2n) is 11.7. The van der Waals surface area contributed by atoms with Crippen LogP contribution in [0.5, 0.6) is 5.75 Å². The van der Waals surface area contributed by atoms with Gasteiger partial charge in [0, 0.05) is 17.3 Å². The Morgan fingerprint density at radius 2 is 1.65 bits per heavy atom. The average Bonchev–Trinajstić information content (AvgIpc) is 3.55. The van der Waals surface area contributed by atoms with E-state index in [1.165, 1.54) is 10.5 Å².